The average Bonchev–Trinajstić information content (AvgIpc) is 3.25. The second kappa shape index (κ2) is 9.99. The molecule has 0 aliphatic heterocycles. The van der Waals surface area contributed by atoms with E-state index in [-0.39, 0.29) is 12.3 Å². The summed E-state index contributed by atoms with van der Waals surface area (Å²) in [6.45, 7) is 0.382. The number of hydrogen-bond donors (Lipinski definition) is 2. The molecule has 176 valence electrons. The maximum Gasteiger partial charge on any atom is 0.416 e. The normalized spacial score (nSPS) is 12.5. The first-order valence-corrected chi connectivity index (χ1v) is 10.8. The van der Waals surface area contributed by atoms with Crippen molar-refractivity contribution in [3.63, 3.8) is 0 Å². The standard InChI is InChI=1S/C26H24F3N3O2/c1-34-20-8-9-24-22(14-20)23(16-32-24)21(17-5-4-6-18(13-17)26(27,28)29)15-25(33)31-12-10-19-7-2-3-11-30-19/h2-9,11,13-14,16,21,32H,10,12,15H2,1H3,(H,31,33)/t21-/m0/s1. The summed E-state index contributed by atoms with van der Waals surface area (Å²) in [5, 5.41) is 3.67. The summed E-state index contributed by atoms with van der Waals surface area (Å²) < 4.78 is 45.5. The van der Waals surface area contributed by atoms with Crippen molar-refractivity contribution in [1.82, 2.24) is 15.3 Å². The van der Waals surface area contributed by atoms with Crippen LogP contribution in [-0.2, 0) is 17.4 Å². The summed E-state index contributed by atoms with van der Waals surface area (Å²) in [7, 11) is 1.55. The summed E-state index contributed by atoms with van der Waals surface area (Å²) >= 11 is 0. The molecule has 0 saturated carbocycles. The smallest absolute Gasteiger partial charge is 0.416 e. The number of nitrogens with one attached hydrogen (secondary N) is 2. The minimum atomic E-state index is -4.48. The number of nitrogens with zero attached hydrogens (tertiary/aromatic N) is 1. The van der Waals surface area contributed by atoms with Crippen molar-refractivity contribution in [2.75, 3.05) is 13.7 Å². The molecule has 0 unspecified atom stereocenters. The quantitative estimate of drug-likeness (QED) is 0.361. The fourth-order valence-corrected chi connectivity index (χ4v) is 4.01. The molecule has 1 atom stereocenters. The minimum absolute atomic E-state index is 0.00626. The van der Waals surface area contributed by atoms with Crippen LogP contribution in [0.15, 0.2) is 73.1 Å². The van der Waals surface area contributed by atoms with Gasteiger partial charge in [-0.15, -0.1) is 0 Å². The number of halogens is 3. The number of H-pyrrole nitrogens is 1. The molecule has 4 aromatic rings. The number of methoxy groups -OCH3 is 1. The highest BCUT2D eigenvalue weighted by molar-refractivity contribution is 5.87. The van der Waals surface area contributed by atoms with Crippen LogP contribution in [0.25, 0.3) is 10.9 Å². The zero-order valence-electron chi connectivity index (χ0n) is 18.5. The van der Waals surface area contributed by atoms with Gasteiger partial charge in [-0.25, -0.2) is 0 Å². The van der Waals surface area contributed by atoms with Crippen LogP contribution in [-0.4, -0.2) is 29.5 Å². The number of carbonyl (C=O) groups excluding carboxylic acids is 1. The number of fused-ring (bicyclic) bond motifs is 1. The van der Waals surface area contributed by atoms with Gasteiger partial charge in [0, 0.05) is 54.3 Å². The molecule has 0 radical (unpaired) electrons. The second-order valence-electron chi connectivity index (χ2n) is 7.96. The van der Waals surface area contributed by atoms with Gasteiger partial charge in [-0.1, -0.05) is 24.3 Å². The highest BCUT2D eigenvalue weighted by Gasteiger charge is 2.32. The molecule has 1 amide bonds. The van der Waals surface area contributed by atoms with Crippen LogP contribution in [0.3, 0.4) is 0 Å². The van der Waals surface area contributed by atoms with Gasteiger partial charge < -0.3 is 15.0 Å². The zero-order chi connectivity index (χ0) is 24.1. The minimum Gasteiger partial charge on any atom is -0.497 e. The molecule has 0 bridgehead atoms. The Hall–Kier alpha value is -3.81. The number of benzene rings is 2. The van der Waals surface area contributed by atoms with Gasteiger partial charge in [-0.05, 0) is 47.5 Å². The van der Waals surface area contributed by atoms with Crippen molar-refractivity contribution in [2.24, 2.45) is 0 Å². The molecule has 2 N–H and O–H groups in total. The molecule has 0 spiro atoms. The molecule has 0 aliphatic carbocycles. The van der Waals surface area contributed by atoms with Gasteiger partial charge >= 0.3 is 6.18 Å². The molecule has 34 heavy (non-hydrogen) atoms. The third kappa shape index (κ3) is 5.39. The predicted octanol–water partition coefficient (Wildman–Crippen LogP) is 5.47. The van der Waals surface area contributed by atoms with Crippen LogP contribution in [0.4, 0.5) is 13.2 Å². The number of alkyl halides is 3. The fourth-order valence-electron chi connectivity index (χ4n) is 4.01. The Kier molecular flexibility index (Phi) is 6.86. The summed E-state index contributed by atoms with van der Waals surface area (Å²) in [4.78, 5) is 20.3. The van der Waals surface area contributed by atoms with E-state index in [9.17, 15) is 18.0 Å². The molecular weight excluding hydrogens is 443 g/mol. The highest BCUT2D eigenvalue weighted by atomic mass is 19.4. The third-order valence-corrected chi connectivity index (χ3v) is 5.73. The van der Waals surface area contributed by atoms with Crippen molar-refractivity contribution in [3.8, 4) is 5.75 Å². The molecule has 4 rings (SSSR count). The summed E-state index contributed by atoms with van der Waals surface area (Å²) in [6.07, 6.45) is -0.490. The molecule has 0 fully saturated rings. The maximum atomic E-state index is 13.4. The topological polar surface area (TPSA) is 67.0 Å². The summed E-state index contributed by atoms with van der Waals surface area (Å²) in [6, 6.07) is 16.2. The molecule has 5 nitrogen and oxygen atoms in total. The van der Waals surface area contributed by atoms with Gasteiger partial charge in [0.15, 0.2) is 0 Å². The van der Waals surface area contributed by atoms with Crippen LogP contribution in [0.2, 0.25) is 0 Å². The average molecular weight is 467 g/mol. The third-order valence-electron chi connectivity index (χ3n) is 5.73. The van der Waals surface area contributed by atoms with Crippen LogP contribution >= 0.6 is 0 Å². The van der Waals surface area contributed by atoms with E-state index in [1.54, 1.807) is 31.6 Å². The Bertz CT molecular complexity index is 1270. The Morgan fingerprint density at radius 1 is 1.12 bits per heavy atom. The Morgan fingerprint density at radius 3 is 2.71 bits per heavy atom. The number of aromatic amines is 1. The zero-order valence-corrected chi connectivity index (χ0v) is 18.5. The highest BCUT2D eigenvalue weighted by Crippen LogP contribution is 2.37. The van der Waals surface area contributed by atoms with Gasteiger partial charge in [-0.3, -0.25) is 9.78 Å². The van der Waals surface area contributed by atoms with E-state index in [4.69, 9.17) is 4.74 Å². The molecule has 0 saturated heterocycles. The van der Waals surface area contributed by atoms with Crippen LogP contribution < -0.4 is 10.1 Å². The van der Waals surface area contributed by atoms with E-state index in [1.165, 1.54) is 6.07 Å². The Labute approximate surface area is 195 Å². The van der Waals surface area contributed by atoms with Gasteiger partial charge in [0.05, 0.1) is 12.7 Å². The molecule has 2 aromatic carbocycles. The number of amides is 1. The van der Waals surface area contributed by atoms with Gasteiger partial charge in [0.2, 0.25) is 5.91 Å². The van der Waals surface area contributed by atoms with Crippen LogP contribution in [0.1, 0.15) is 34.7 Å². The molecule has 0 aliphatic rings. The van der Waals surface area contributed by atoms with Crippen molar-refractivity contribution >= 4 is 16.8 Å². The number of carbonyl (C=O) groups is 1. The van der Waals surface area contributed by atoms with Crippen molar-refractivity contribution in [3.05, 3.63) is 95.4 Å². The van der Waals surface area contributed by atoms with Gasteiger partial charge in [0.1, 0.15) is 5.75 Å². The van der Waals surface area contributed by atoms with Crippen molar-refractivity contribution < 1.29 is 22.7 Å². The SMILES string of the molecule is COc1ccc2[nH]cc([C@@H](CC(=O)NCCc3ccccn3)c3cccc(C(F)(F)F)c3)c2c1. The van der Waals surface area contributed by atoms with E-state index < -0.39 is 17.7 Å². The fraction of sp³-hybridized carbons (Fsp3) is 0.231. The number of rotatable bonds is 8. The lowest BCUT2D eigenvalue weighted by Crippen LogP contribution is -2.27. The maximum absolute atomic E-state index is 13.4. The predicted molar refractivity (Wildman–Crippen MR) is 124 cm³/mol. The molecule has 8 heteroatoms. The lowest BCUT2D eigenvalue weighted by atomic mass is 9.87. The first kappa shape index (κ1) is 23.4. The van der Waals surface area contributed by atoms with E-state index >= 15 is 0 Å². The van der Waals surface area contributed by atoms with Crippen molar-refractivity contribution in [1.29, 1.82) is 0 Å². The molecule has 2 heterocycles. The second-order valence-corrected chi connectivity index (χ2v) is 7.96. The first-order chi connectivity index (χ1) is 16.3. The van der Waals surface area contributed by atoms with Crippen molar-refractivity contribution in [2.45, 2.75) is 24.9 Å². The van der Waals surface area contributed by atoms with Crippen LogP contribution in [0.5, 0.6) is 5.75 Å². The Balaban J connectivity index is 1.63. The number of pyridine rings is 1. The molecular formula is C26H24F3N3O2. The number of ether oxygens (including phenoxy) is 1. The summed E-state index contributed by atoms with van der Waals surface area (Å²) in [5.41, 5.74) is 2.05. The van der Waals surface area contributed by atoms with Crippen LogP contribution in [0, 0.1) is 0 Å². The number of aromatic nitrogens is 2. The monoisotopic (exact) mass is 467 g/mol. The van der Waals surface area contributed by atoms with Gasteiger partial charge in [-0.2, -0.15) is 13.2 Å². The lowest BCUT2D eigenvalue weighted by molar-refractivity contribution is -0.137. The summed E-state index contributed by atoms with van der Waals surface area (Å²) in [5.74, 6) is -0.218. The largest absolute Gasteiger partial charge is 0.497 e. The molecule has 2 aromatic heterocycles. The van der Waals surface area contributed by atoms with E-state index in [0.717, 1.165) is 34.3 Å². The van der Waals surface area contributed by atoms with Gasteiger partial charge in [0.25, 0.3) is 0 Å². The first-order valence-electron chi connectivity index (χ1n) is 10.8. The number of hydrogen-bond acceptors (Lipinski definition) is 3. The van der Waals surface area contributed by atoms with E-state index in [1.807, 2.05) is 30.3 Å². The van der Waals surface area contributed by atoms with E-state index in [0.29, 0.717) is 24.3 Å². The van der Waals surface area contributed by atoms with E-state index in [2.05, 4.69) is 15.3 Å². The lowest BCUT2D eigenvalue weighted by Gasteiger charge is -2.19. The Morgan fingerprint density at radius 2 is 1.97 bits per heavy atom.